The van der Waals surface area contributed by atoms with E-state index < -0.39 is 0 Å². The highest BCUT2D eigenvalue weighted by molar-refractivity contribution is 6.01. The van der Waals surface area contributed by atoms with E-state index in [-0.39, 0.29) is 6.04 Å². The Morgan fingerprint density at radius 3 is 2.33 bits per heavy atom. The van der Waals surface area contributed by atoms with Crippen molar-refractivity contribution < 1.29 is 9.28 Å². The highest BCUT2D eigenvalue weighted by Crippen LogP contribution is 2.43. The molecule has 2 aromatic carbocycles. The number of nitrogens with zero attached hydrogens (tertiary/aromatic N) is 1. The van der Waals surface area contributed by atoms with Gasteiger partial charge in [0, 0.05) is 24.0 Å². The molecule has 4 rings (SSSR count). The van der Waals surface area contributed by atoms with E-state index in [9.17, 15) is 4.79 Å². The number of likely N-dealkylation sites (N-methyl/N-ethyl adjacent to an activating group) is 1. The molecule has 2 atom stereocenters. The molecule has 0 N–H and O–H groups in total. The lowest BCUT2D eigenvalue weighted by atomic mass is 9.99. The molecule has 2 aromatic rings. The number of hydrogen-bond acceptors (Lipinski definition) is 1. The number of ketones is 1. The second kappa shape index (κ2) is 5.71. The van der Waals surface area contributed by atoms with Gasteiger partial charge in [-0.25, -0.2) is 0 Å². The molecule has 0 amide bonds. The molecular weight excluding hydrogens is 294 g/mol. The molecule has 24 heavy (non-hydrogen) atoms. The molecule has 0 heterocycles. The van der Waals surface area contributed by atoms with Crippen LogP contribution < -0.4 is 0 Å². The summed E-state index contributed by atoms with van der Waals surface area (Å²) < 4.78 is 0.876. The van der Waals surface area contributed by atoms with Crippen molar-refractivity contribution in [2.24, 2.45) is 0 Å². The zero-order chi connectivity index (χ0) is 16.7. The smallest absolute Gasteiger partial charge is 0.169 e. The largest absolute Gasteiger partial charge is 0.313 e. The van der Waals surface area contributed by atoms with E-state index in [0.29, 0.717) is 18.2 Å². The minimum atomic E-state index is 0.242. The van der Waals surface area contributed by atoms with Gasteiger partial charge in [0.05, 0.1) is 26.1 Å². The van der Waals surface area contributed by atoms with Crippen molar-refractivity contribution in [3.05, 3.63) is 83.4 Å². The molecule has 0 bridgehead atoms. The second-order valence-electron chi connectivity index (χ2n) is 7.38. The van der Waals surface area contributed by atoms with Gasteiger partial charge in [-0.3, -0.25) is 4.79 Å². The van der Waals surface area contributed by atoms with Gasteiger partial charge in [0.1, 0.15) is 6.04 Å². The lowest BCUT2D eigenvalue weighted by molar-refractivity contribution is -0.955. The summed E-state index contributed by atoms with van der Waals surface area (Å²) in [6.45, 7) is 4.91. The fraction of sp³-hybridized carbons (Fsp3) is 0.318. The summed E-state index contributed by atoms with van der Waals surface area (Å²) >= 11 is 0. The van der Waals surface area contributed by atoms with Gasteiger partial charge in [0.15, 0.2) is 5.78 Å². The fourth-order valence-electron chi connectivity index (χ4n) is 4.72. The zero-order valence-corrected chi connectivity index (χ0v) is 14.2. The summed E-state index contributed by atoms with van der Waals surface area (Å²) in [6.07, 6.45) is 4.83. The minimum absolute atomic E-state index is 0.242. The van der Waals surface area contributed by atoms with Crippen molar-refractivity contribution in [2.75, 3.05) is 13.6 Å². The Labute approximate surface area is 144 Å². The average Bonchev–Trinajstić information content (AvgIpc) is 3.18. The number of Topliss-reactive ketones (excluding diaryl/α,β-unsaturated/α-hetero) is 1. The molecule has 0 spiro atoms. The third-order valence-electron chi connectivity index (χ3n) is 6.10. The maximum absolute atomic E-state index is 12.5. The van der Waals surface area contributed by atoms with Crippen molar-refractivity contribution >= 4 is 5.78 Å². The van der Waals surface area contributed by atoms with Crippen LogP contribution in [0.3, 0.4) is 0 Å². The third-order valence-corrected chi connectivity index (χ3v) is 6.10. The monoisotopic (exact) mass is 318 g/mol. The Morgan fingerprint density at radius 2 is 1.67 bits per heavy atom. The van der Waals surface area contributed by atoms with Crippen LogP contribution in [0.25, 0.3) is 0 Å². The van der Waals surface area contributed by atoms with Gasteiger partial charge < -0.3 is 4.48 Å². The molecule has 2 heteroatoms. The highest BCUT2D eigenvalue weighted by Gasteiger charge is 2.47. The van der Waals surface area contributed by atoms with Crippen molar-refractivity contribution in [3.63, 3.8) is 0 Å². The van der Waals surface area contributed by atoms with Crippen LogP contribution in [0.1, 0.15) is 39.5 Å². The zero-order valence-electron chi connectivity index (χ0n) is 14.2. The van der Waals surface area contributed by atoms with E-state index in [2.05, 4.69) is 50.0 Å². The normalized spacial score (nSPS) is 22.0. The van der Waals surface area contributed by atoms with Crippen molar-refractivity contribution in [3.8, 4) is 0 Å². The number of carbonyl (C=O) groups is 1. The molecule has 2 nitrogen and oxygen atoms in total. The SMILES string of the molecule is C=CC[N+](C)(C1Cc2ccccc2C1)C1CC(=O)c2ccccc21. The molecule has 122 valence electrons. The maximum Gasteiger partial charge on any atom is 0.169 e. The average molecular weight is 318 g/mol. The molecule has 0 fully saturated rings. The van der Waals surface area contributed by atoms with Gasteiger partial charge in [-0.05, 0) is 17.2 Å². The van der Waals surface area contributed by atoms with Crippen LogP contribution in [0, 0.1) is 0 Å². The number of hydrogen-bond donors (Lipinski definition) is 0. The quantitative estimate of drug-likeness (QED) is 0.612. The third kappa shape index (κ3) is 2.25. The Balaban J connectivity index is 1.73. The lowest BCUT2D eigenvalue weighted by Crippen LogP contribution is -2.54. The summed E-state index contributed by atoms with van der Waals surface area (Å²) in [6, 6.07) is 17.7. The van der Waals surface area contributed by atoms with Crippen LogP contribution in [0.15, 0.2) is 61.2 Å². The van der Waals surface area contributed by atoms with E-state index in [4.69, 9.17) is 0 Å². The summed E-state index contributed by atoms with van der Waals surface area (Å²) in [5, 5.41) is 0. The molecular formula is C22H24NO+. The predicted molar refractivity (Wildman–Crippen MR) is 97.0 cm³/mol. The number of fused-ring (bicyclic) bond motifs is 2. The second-order valence-corrected chi connectivity index (χ2v) is 7.38. The Kier molecular flexibility index (Phi) is 3.65. The van der Waals surface area contributed by atoms with Crippen LogP contribution in [-0.4, -0.2) is 29.9 Å². The molecule has 0 aliphatic heterocycles. The molecule has 2 aliphatic rings. The number of rotatable bonds is 4. The first-order valence-corrected chi connectivity index (χ1v) is 8.78. The predicted octanol–water partition coefficient (Wildman–Crippen LogP) is 4.11. The summed E-state index contributed by atoms with van der Waals surface area (Å²) in [4.78, 5) is 12.5. The standard InChI is InChI=1S/C22H24NO/c1-3-12-23(2,18-13-16-8-4-5-9-17(16)14-18)21-15-22(24)20-11-7-6-10-19(20)21/h3-11,18,21H,1,12-15H2,2H3/q+1. The van der Waals surface area contributed by atoms with Crippen LogP contribution in [0.5, 0.6) is 0 Å². The molecule has 0 aromatic heterocycles. The Morgan fingerprint density at radius 1 is 1.04 bits per heavy atom. The van der Waals surface area contributed by atoms with E-state index in [0.717, 1.165) is 29.4 Å². The molecule has 0 radical (unpaired) electrons. The van der Waals surface area contributed by atoms with Gasteiger partial charge >= 0.3 is 0 Å². The first kappa shape index (κ1) is 15.3. The van der Waals surface area contributed by atoms with E-state index in [1.807, 2.05) is 18.2 Å². The van der Waals surface area contributed by atoms with Gasteiger partial charge in [0.2, 0.25) is 0 Å². The Bertz CT molecular complexity index is 784. The first-order valence-electron chi connectivity index (χ1n) is 8.78. The highest BCUT2D eigenvalue weighted by atomic mass is 16.1. The van der Waals surface area contributed by atoms with Gasteiger partial charge in [0.25, 0.3) is 0 Å². The van der Waals surface area contributed by atoms with Crippen LogP contribution >= 0.6 is 0 Å². The topological polar surface area (TPSA) is 17.1 Å². The van der Waals surface area contributed by atoms with E-state index >= 15 is 0 Å². The molecule has 0 saturated heterocycles. The number of benzene rings is 2. The van der Waals surface area contributed by atoms with Gasteiger partial charge in [-0.1, -0.05) is 55.1 Å². The molecule has 2 unspecified atom stereocenters. The van der Waals surface area contributed by atoms with Crippen molar-refractivity contribution in [1.29, 1.82) is 0 Å². The molecule has 0 saturated carbocycles. The van der Waals surface area contributed by atoms with Gasteiger partial charge in [-0.15, -0.1) is 0 Å². The van der Waals surface area contributed by atoms with E-state index in [1.54, 1.807) is 0 Å². The summed E-state index contributed by atoms with van der Waals surface area (Å²) in [5.41, 5.74) is 5.08. The maximum atomic E-state index is 12.5. The Hall–Kier alpha value is -2.19. The lowest BCUT2D eigenvalue weighted by Gasteiger charge is -2.44. The van der Waals surface area contributed by atoms with Crippen LogP contribution in [0.2, 0.25) is 0 Å². The van der Waals surface area contributed by atoms with Crippen LogP contribution in [-0.2, 0) is 12.8 Å². The summed E-state index contributed by atoms with van der Waals surface area (Å²) in [7, 11) is 2.32. The van der Waals surface area contributed by atoms with Gasteiger partial charge in [-0.2, -0.15) is 0 Å². The van der Waals surface area contributed by atoms with E-state index in [1.165, 1.54) is 16.7 Å². The summed E-state index contributed by atoms with van der Waals surface area (Å²) in [5.74, 6) is 0.291. The van der Waals surface area contributed by atoms with Crippen molar-refractivity contribution in [1.82, 2.24) is 0 Å². The molecule has 2 aliphatic carbocycles. The van der Waals surface area contributed by atoms with Crippen LogP contribution in [0.4, 0.5) is 0 Å². The first-order chi connectivity index (χ1) is 11.6. The van der Waals surface area contributed by atoms with Crippen molar-refractivity contribution in [2.45, 2.75) is 31.3 Å². The fourth-order valence-corrected chi connectivity index (χ4v) is 4.72. The number of quaternary nitrogens is 1. The minimum Gasteiger partial charge on any atom is -0.313 e. The number of carbonyl (C=O) groups excluding carboxylic acids is 1.